The summed E-state index contributed by atoms with van der Waals surface area (Å²) in [6, 6.07) is 0.665. The third-order valence-corrected chi connectivity index (χ3v) is 2.54. The fourth-order valence-corrected chi connectivity index (χ4v) is 1.58. The van der Waals surface area contributed by atoms with Gasteiger partial charge in [0.25, 0.3) is 5.95 Å². The number of amides is 3. The van der Waals surface area contributed by atoms with E-state index >= 15 is 0 Å². The van der Waals surface area contributed by atoms with Crippen LogP contribution in [0.15, 0.2) is 6.07 Å². The highest BCUT2D eigenvalue weighted by Gasteiger charge is 2.27. The van der Waals surface area contributed by atoms with Gasteiger partial charge in [-0.1, -0.05) is 0 Å². The van der Waals surface area contributed by atoms with E-state index in [2.05, 4.69) is 15.5 Å². The monoisotopic (exact) mass is 258 g/mol. The van der Waals surface area contributed by atoms with Crippen LogP contribution in [-0.4, -0.2) is 28.7 Å². The Bertz CT molecular complexity index is 482. The van der Waals surface area contributed by atoms with Crippen molar-refractivity contribution in [2.24, 2.45) is 0 Å². The van der Waals surface area contributed by atoms with Crippen LogP contribution in [0.4, 0.5) is 14.9 Å². The van der Waals surface area contributed by atoms with Crippen LogP contribution in [0.2, 0.25) is 0 Å². The number of alkyl halides is 1. The van der Waals surface area contributed by atoms with Crippen molar-refractivity contribution in [3.63, 3.8) is 0 Å². The first-order chi connectivity index (χ1) is 8.11. The third-order valence-electron chi connectivity index (χ3n) is 2.26. The van der Waals surface area contributed by atoms with Crippen molar-refractivity contribution < 1.29 is 14.0 Å². The molecule has 2 rings (SSSR count). The molecule has 1 saturated heterocycles. The number of nitrogens with one attached hydrogen (secondary N) is 1. The summed E-state index contributed by atoms with van der Waals surface area (Å²) in [5.74, 6) is -1.19. The van der Waals surface area contributed by atoms with Crippen LogP contribution < -0.4 is 10.2 Å². The lowest BCUT2D eigenvalue weighted by molar-refractivity contribution is -0.120. The minimum atomic E-state index is -0.872. The van der Waals surface area contributed by atoms with E-state index in [4.69, 9.17) is 11.6 Å². The Morgan fingerprint density at radius 2 is 2.24 bits per heavy atom. The van der Waals surface area contributed by atoms with Crippen molar-refractivity contribution >= 4 is 29.2 Å². The van der Waals surface area contributed by atoms with Gasteiger partial charge >= 0.3 is 6.03 Å². The van der Waals surface area contributed by atoms with Gasteiger partial charge in [-0.3, -0.25) is 15.0 Å². The fourth-order valence-electron chi connectivity index (χ4n) is 1.45. The van der Waals surface area contributed by atoms with Crippen molar-refractivity contribution in [3.8, 4) is 0 Å². The number of halogens is 2. The molecule has 1 aliphatic rings. The fraction of sp³-hybridized carbons (Fsp3) is 0.333. The number of rotatable bonds is 2. The van der Waals surface area contributed by atoms with Gasteiger partial charge < -0.3 is 0 Å². The molecule has 1 aliphatic heterocycles. The molecule has 17 heavy (non-hydrogen) atoms. The van der Waals surface area contributed by atoms with Crippen molar-refractivity contribution in [2.45, 2.75) is 12.3 Å². The maximum Gasteiger partial charge on any atom is 0.328 e. The molecule has 1 aromatic heterocycles. The van der Waals surface area contributed by atoms with Gasteiger partial charge in [0, 0.05) is 13.0 Å². The molecule has 1 fully saturated rings. The molecule has 90 valence electrons. The molecule has 6 nitrogen and oxygen atoms in total. The Hall–Kier alpha value is -1.76. The summed E-state index contributed by atoms with van der Waals surface area (Å²) >= 11 is 5.55. The van der Waals surface area contributed by atoms with Gasteiger partial charge in [-0.05, 0) is 6.07 Å². The van der Waals surface area contributed by atoms with E-state index in [9.17, 15) is 14.0 Å². The summed E-state index contributed by atoms with van der Waals surface area (Å²) in [5, 5.41) is 8.87. The lowest BCUT2D eigenvalue weighted by Gasteiger charge is -2.26. The van der Waals surface area contributed by atoms with E-state index in [0.717, 1.165) is 4.90 Å². The Kier molecular flexibility index (Phi) is 3.19. The maximum absolute atomic E-state index is 13.4. The zero-order valence-corrected chi connectivity index (χ0v) is 9.37. The van der Waals surface area contributed by atoms with Gasteiger partial charge in [0.1, 0.15) is 5.69 Å². The van der Waals surface area contributed by atoms with Crippen LogP contribution in [0.3, 0.4) is 0 Å². The molecule has 0 unspecified atom stereocenters. The number of hydrogen-bond donors (Lipinski definition) is 1. The topological polar surface area (TPSA) is 75.2 Å². The van der Waals surface area contributed by atoms with Crippen molar-refractivity contribution in [2.75, 3.05) is 11.4 Å². The molecule has 0 aliphatic carbocycles. The highest BCUT2D eigenvalue weighted by atomic mass is 35.5. The normalized spacial score (nSPS) is 16.0. The van der Waals surface area contributed by atoms with Crippen LogP contribution in [0.5, 0.6) is 0 Å². The van der Waals surface area contributed by atoms with Gasteiger partial charge in [-0.25, -0.2) is 4.79 Å². The summed E-state index contributed by atoms with van der Waals surface area (Å²) in [5.41, 5.74) is 0.327. The van der Waals surface area contributed by atoms with E-state index in [1.54, 1.807) is 0 Å². The molecule has 1 N–H and O–H groups in total. The highest BCUT2D eigenvalue weighted by Crippen LogP contribution is 2.20. The first-order valence-electron chi connectivity index (χ1n) is 4.81. The standard InChI is InChI=1S/C9H8ClFN4O2/c10-4-5-3-6(8(11)14-13-5)15-2-1-7(16)12-9(15)17/h3H,1-2,4H2,(H,12,16,17). The molecule has 0 saturated carbocycles. The van der Waals surface area contributed by atoms with Gasteiger partial charge in [0.15, 0.2) is 0 Å². The lowest BCUT2D eigenvalue weighted by Crippen LogP contribution is -2.50. The van der Waals surface area contributed by atoms with E-state index in [-0.39, 0.29) is 30.4 Å². The van der Waals surface area contributed by atoms with Crippen LogP contribution >= 0.6 is 11.6 Å². The SMILES string of the molecule is O=C1CCN(c2cc(CCl)nnc2F)C(=O)N1. The maximum atomic E-state index is 13.4. The molecule has 0 spiro atoms. The Morgan fingerprint density at radius 1 is 1.47 bits per heavy atom. The minimum absolute atomic E-state index is 0.0272. The molecule has 8 heteroatoms. The average molecular weight is 259 g/mol. The van der Waals surface area contributed by atoms with E-state index in [1.807, 2.05) is 0 Å². The van der Waals surface area contributed by atoms with Gasteiger partial charge in [-0.15, -0.1) is 16.7 Å². The number of aromatic nitrogens is 2. The first-order valence-corrected chi connectivity index (χ1v) is 5.34. The molecule has 2 heterocycles. The Morgan fingerprint density at radius 3 is 2.88 bits per heavy atom. The summed E-state index contributed by atoms with van der Waals surface area (Å²) in [4.78, 5) is 23.6. The van der Waals surface area contributed by atoms with E-state index in [0.29, 0.717) is 5.69 Å². The molecule has 1 aromatic rings. The number of anilines is 1. The lowest BCUT2D eigenvalue weighted by atomic mass is 10.2. The molecule has 0 radical (unpaired) electrons. The van der Waals surface area contributed by atoms with Gasteiger partial charge in [-0.2, -0.15) is 9.49 Å². The average Bonchev–Trinajstić information content (AvgIpc) is 2.30. The summed E-state index contributed by atoms with van der Waals surface area (Å²) in [6.07, 6.45) is 0.115. The van der Waals surface area contributed by atoms with E-state index in [1.165, 1.54) is 6.07 Å². The van der Waals surface area contributed by atoms with Crippen LogP contribution in [0.1, 0.15) is 12.1 Å². The number of carbonyl (C=O) groups is 2. The van der Waals surface area contributed by atoms with Crippen molar-refractivity contribution in [1.29, 1.82) is 0 Å². The molecule has 3 amide bonds. The molecular weight excluding hydrogens is 251 g/mol. The zero-order valence-electron chi connectivity index (χ0n) is 8.61. The number of nitrogens with zero attached hydrogens (tertiary/aromatic N) is 3. The highest BCUT2D eigenvalue weighted by molar-refractivity contribution is 6.17. The Balaban J connectivity index is 2.33. The quantitative estimate of drug-likeness (QED) is 0.796. The molecule has 0 aromatic carbocycles. The second kappa shape index (κ2) is 4.62. The zero-order chi connectivity index (χ0) is 12.4. The number of urea groups is 1. The molecular formula is C9H8ClFN4O2. The van der Waals surface area contributed by atoms with Crippen LogP contribution in [-0.2, 0) is 10.7 Å². The van der Waals surface area contributed by atoms with Crippen molar-refractivity contribution in [3.05, 3.63) is 17.7 Å². The smallest absolute Gasteiger partial charge is 0.289 e. The molecule has 0 atom stereocenters. The number of imide groups is 1. The van der Waals surface area contributed by atoms with E-state index < -0.39 is 12.0 Å². The predicted molar refractivity (Wildman–Crippen MR) is 57.0 cm³/mol. The minimum Gasteiger partial charge on any atom is -0.289 e. The predicted octanol–water partition coefficient (Wildman–Crippen LogP) is 0.801. The summed E-state index contributed by atoms with van der Waals surface area (Å²) in [7, 11) is 0. The number of hydrogen-bond acceptors (Lipinski definition) is 4. The van der Waals surface area contributed by atoms with Gasteiger partial charge in [0.2, 0.25) is 5.91 Å². The van der Waals surface area contributed by atoms with Crippen LogP contribution in [0, 0.1) is 5.95 Å². The summed E-state index contributed by atoms with van der Waals surface area (Å²) in [6.45, 7) is 0.106. The Labute approximate surface area is 101 Å². The largest absolute Gasteiger partial charge is 0.328 e. The first kappa shape index (κ1) is 11.7. The molecule has 0 bridgehead atoms. The summed E-state index contributed by atoms with van der Waals surface area (Å²) < 4.78 is 13.4. The van der Waals surface area contributed by atoms with Gasteiger partial charge in [0.05, 0.1) is 11.6 Å². The van der Waals surface area contributed by atoms with Crippen molar-refractivity contribution in [1.82, 2.24) is 15.5 Å². The second-order valence-electron chi connectivity index (χ2n) is 3.40. The van der Waals surface area contributed by atoms with Crippen LogP contribution in [0.25, 0.3) is 0 Å². The number of carbonyl (C=O) groups excluding carboxylic acids is 2. The third kappa shape index (κ3) is 2.33. The second-order valence-corrected chi connectivity index (χ2v) is 3.67.